The molecule has 1 N–H and O–H groups in total. The van der Waals surface area contributed by atoms with Crippen molar-refractivity contribution in [2.45, 2.75) is 187 Å². The Bertz CT molecular complexity index is 642. The second kappa shape index (κ2) is 33.9. The van der Waals surface area contributed by atoms with Crippen molar-refractivity contribution in [2.24, 2.45) is 0 Å². The van der Waals surface area contributed by atoms with Gasteiger partial charge in [-0.25, -0.2) is 0 Å². The first-order chi connectivity index (χ1) is 20.6. The van der Waals surface area contributed by atoms with E-state index in [0.717, 1.165) is 51.4 Å². The monoisotopic (exact) mass is 593 g/mol. The Balaban J connectivity index is 3.59. The summed E-state index contributed by atoms with van der Waals surface area (Å²) in [6.45, 7) is 4.09. The number of carbonyl (C=O) groups is 2. The molecule has 0 amide bonds. The lowest BCUT2D eigenvalue weighted by atomic mass is 10.0. The largest absolute Gasteiger partial charge is 0.462 e. The summed E-state index contributed by atoms with van der Waals surface area (Å²) in [6, 6.07) is 0. The Labute approximate surface area is 260 Å². The second-order valence-corrected chi connectivity index (χ2v) is 12.0. The molecule has 0 spiro atoms. The summed E-state index contributed by atoms with van der Waals surface area (Å²) < 4.78 is 10.6. The first kappa shape index (κ1) is 40.4. The molecule has 0 aliphatic rings. The predicted molar refractivity (Wildman–Crippen MR) is 178 cm³/mol. The first-order valence-corrected chi connectivity index (χ1v) is 17.9. The van der Waals surface area contributed by atoms with Crippen molar-refractivity contribution in [1.82, 2.24) is 0 Å². The third kappa shape index (κ3) is 31.3. The average molecular weight is 593 g/mol. The molecule has 0 aliphatic carbocycles. The number of hydrogen-bond donors (Lipinski definition) is 1. The minimum absolute atomic E-state index is 0.0678. The SMILES string of the molecule is CCCCC/C=C/C/C=C/CCCCCCCC(=O)O[C@@H](CO)COC(=O)CCCCCCCCCCCCCCC. The van der Waals surface area contributed by atoms with E-state index in [1.54, 1.807) is 0 Å². The Morgan fingerprint density at radius 1 is 0.548 bits per heavy atom. The van der Waals surface area contributed by atoms with Crippen molar-refractivity contribution in [3.05, 3.63) is 24.3 Å². The molecule has 246 valence electrons. The lowest BCUT2D eigenvalue weighted by Gasteiger charge is -2.15. The fourth-order valence-electron chi connectivity index (χ4n) is 4.99. The Kier molecular flexibility index (Phi) is 32.6. The van der Waals surface area contributed by atoms with Gasteiger partial charge in [0.2, 0.25) is 0 Å². The third-order valence-corrected chi connectivity index (χ3v) is 7.75. The zero-order valence-corrected chi connectivity index (χ0v) is 27.8. The van der Waals surface area contributed by atoms with Crippen molar-refractivity contribution in [3.8, 4) is 0 Å². The van der Waals surface area contributed by atoms with E-state index in [9.17, 15) is 14.7 Å². The summed E-state index contributed by atoms with van der Waals surface area (Å²) in [5.41, 5.74) is 0. The number of aliphatic hydroxyl groups excluding tert-OH is 1. The van der Waals surface area contributed by atoms with Gasteiger partial charge in [-0.05, 0) is 44.9 Å². The van der Waals surface area contributed by atoms with Crippen LogP contribution in [0.3, 0.4) is 0 Å². The number of allylic oxidation sites excluding steroid dienone is 4. The third-order valence-electron chi connectivity index (χ3n) is 7.75. The van der Waals surface area contributed by atoms with Gasteiger partial charge in [-0.2, -0.15) is 0 Å². The van der Waals surface area contributed by atoms with Crippen LogP contribution in [0.5, 0.6) is 0 Å². The molecule has 0 saturated carbocycles. The van der Waals surface area contributed by atoms with Gasteiger partial charge in [-0.1, -0.05) is 147 Å². The fraction of sp³-hybridized carbons (Fsp3) is 0.838. The Morgan fingerprint density at radius 2 is 0.952 bits per heavy atom. The number of hydrogen-bond acceptors (Lipinski definition) is 5. The van der Waals surface area contributed by atoms with E-state index in [4.69, 9.17) is 9.47 Å². The van der Waals surface area contributed by atoms with Gasteiger partial charge in [-0.15, -0.1) is 0 Å². The van der Waals surface area contributed by atoms with Crippen molar-refractivity contribution in [3.63, 3.8) is 0 Å². The fourth-order valence-corrected chi connectivity index (χ4v) is 4.99. The number of unbranched alkanes of at least 4 members (excludes halogenated alkanes) is 20. The number of ether oxygens (including phenoxy) is 2. The molecular formula is C37H68O5. The first-order valence-electron chi connectivity index (χ1n) is 17.9. The van der Waals surface area contributed by atoms with Gasteiger partial charge in [-0.3, -0.25) is 9.59 Å². The van der Waals surface area contributed by atoms with E-state index in [-0.39, 0.29) is 25.2 Å². The molecule has 0 fully saturated rings. The maximum Gasteiger partial charge on any atom is 0.306 e. The molecule has 0 bridgehead atoms. The zero-order chi connectivity index (χ0) is 30.8. The molecule has 1 atom stereocenters. The molecule has 0 aromatic carbocycles. The smallest absolute Gasteiger partial charge is 0.306 e. The molecular weight excluding hydrogens is 524 g/mol. The lowest BCUT2D eigenvalue weighted by Crippen LogP contribution is -2.28. The van der Waals surface area contributed by atoms with Crippen molar-refractivity contribution < 1.29 is 24.2 Å². The van der Waals surface area contributed by atoms with Crippen molar-refractivity contribution in [1.29, 1.82) is 0 Å². The maximum atomic E-state index is 12.1. The molecule has 0 radical (unpaired) electrons. The highest BCUT2D eigenvalue weighted by atomic mass is 16.6. The molecule has 5 heteroatoms. The highest BCUT2D eigenvalue weighted by Crippen LogP contribution is 2.14. The van der Waals surface area contributed by atoms with E-state index in [0.29, 0.717) is 12.8 Å². The van der Waals surface area contributed by atoms with Crippen molar-refractivity contribution >= 4 is 11.9 Å². The van der Waals surface area contributed by atoms with E-state index in [2.05, 4.69) is 38.2 Å². The summed E-state index contributed by atoms with van der Waals surface area (Å²) in [5.74, 6) is -0.603. The number of aliphatic hydroxyl groups is 1. The van der Waals surface area contributed by atoms with Crippen molar-refractivity contribution in [2.75, 3.05) is 13.2 Å². The summed E-state index contributed by atoms with van der Waals surface area (Å²) in [6.07, 6.45) is 38.0. The van der Waals surface area contributed by atoms with Crippen LogP contribution in [0.2, 0.25) is 0 Å². The molecule has 0 saturated heterocycles. The quantitative estimate of drug-likeness (QED) is 0.0478. The second-order valence-electron chi connectivity index (χ2n) is 12.0. The van der Waals surface area contributed by atoms with Crippen LogP contribution in [0, 0.1) is 0 Å². The minimum atomic E-state index is -0.772. The van der Waals surface area contributed by atoms with Crippen LogP contribution in [0.1, 0.15) is 181 Å². The van der Waals surface area contributed by atoms with Gasteiger partial charge in [0.05, 0.1) is 6.61 Å². The molecule has 0 unspecified atom stereocenters. The maximum absolute atomic E-state index is 12.1. The molecule has 0 aliphatic heterocycles. The molecule has 0 rings (SSSR count). The average Bonchev–Trinajstić information content (AvgIpc) is 2.99. The highest BCUT2D eigenvalue weighted by Gasteiger charge is 2.16. The zero-order valence-electron chi connectivity index (χ0n) is 27.8. The molecule has 42 heavy (non-hydrogen) atoms. The summed E-state index contributed by atoms with van der Waals surface area (Å²) in [7, 11) is 0. The minimum Gasteiger partial charge on any atom is -0.462 e. The van der Waals surface area contributed by atoms with Gasteiger partial charge in [0, 0.05) is 12.8 Å². The van der Waals surface area contributed by atoms with Crippen LogP contribution in [-0.4, -0.2) is 36.4 Å². The van der Waals surface area contributed by atoms with E-state index < -0.39 is 6.10 Å². The van der Waals surface area contributed by atoms with Crippen LogP contribution in [-0.2, 0) is 19.1 Å². The summed E-state index contributed by atoms with van der Waals surface area (Å²) in [4.78, 5) is 24.1. The van der Waals surface area contributed by atoms with E-state index in [1.165, 1.54) is 103 Å². The van der Waals surface area contributed by atoms with Gasteiger partial charge in [0.1, 0.15) is 6.61 Å². The van der Waals surface area contributed by atoms with Crippen LogP contribution in [0.25, 0.3) is 0 Å². The van der Waals surface area contributed by atoms with Gasteiger partial charge < -0.3 is 14.6 Å². The molecule has 0 aromatic heterocycles. The molecule has 0 heterocycles. The van der Waals surface area contributed by atoms with Gasteiger partial charge >= 0.3 is 11.9 Å². The van der Waals surface area contributed by atoms with Gasteiger partial charge in [0.15, 0.2) is 6.10 Å². The van der Waals surface area contributed by atoms with Crippen LogP contribution < -0.4 is 0 Å². The standard InChI is InChI=1S/C37H68O5/c1-3-5-7-9-11-13-15-17-18-20-22-24-26-28-30-32-37(40)42-35(33-38)34-41-36(39)31-29-27-25-23-21-19-16-14-12-10-8-6-4-2/h11,13,17-18,35,38H,3-10,12,14-16,19-34H2,1-2H3/b13-11+,18-17+/t35-/m0/s1. The van der Waals surface area contributed by atoms with Crippen LogP contribution in [0.15, 0.2) is 24.3 Å². The predicted octanol–water partition coefficient (Wildman–Crippen LogP) is 10.7. The highest BCUT2D eigenvalue weighted by molar-refractivity contribution is 5.70. The summed E-state index contributed by atoms with van der Waals surface area (Å²) in [5, 5.41) is 9.51. The van der Waals surface area contributed by atoms with Crippen LogP contribution >= 0.6 is 0 Å². The van der Waals surface area contributed by atoms with E-state index in [1.807, 2.05) is 0 Å². The lowest BCUT2D eigenvalue weighted by molar-refractivity contribution is -0.161. The summed E-state index contributed by atoms with van der Waals surface area (Å²) >= 11 is 0. The topological polar surface area (TPSA) is 72.8 Å². The Hall–Kier alpha value is -1.62. The molecule has 0 aromatic rings. The Morgan fingerprint density at radius 3 is 1.45 bits per heavy atom. The van der Waals surface area contributed by atoms with Gasteiger partial charge in [0.25, 0.3) is 0 Å². The van der Waals surface area contributed by atoms with Crippen LogP contribution in [0.4, 0.5) is 0 Å². The van der Waals surface area contributed by atoms with E-state index >= 15 is 0 Å². The normalized spacial score (nSPS) is 12.4. The number of esters is 2. The number of carbonyl (C=O) groups excluding carboxylic acids is 2. The molecule has 5 nitrogen and oxygen atoms in total. The number of rotatable bonds is 32.